The number of hydrogen-bond donors (Lipinski definition) is 0. The molecule has 130 valence electrons. The molecule has 2 unspecified atom stereocenters. The number of rotatable bonds is 6. The first-order valence-electron chi connectivity index (χ1n) is 8.86. The molecule has 0 amide bonds. The van der Waals surface area contributed by atoms with E-state index in [0.717, 1.165) is 37.0 Å². The Labute approximate surface area is 147 Å². The van der Waals surface area contributed by atoms with Crippen LogP contribution < -0.4 is 4.74 Å². The van der Waals surface area contributed by atoms with Crippen LogP contribution in [0.25, 0.3) is 10.8 Å². The lowest BCUT2D eigenvalue weighted by Crippen LogP contribution is -2.09. The smallest absolute Gasteiger partial charge is 0.222 e. The van der Waals surface area contributed by atoms with E-state index in [1.165, 1.54) is 5.39 Å². The molecule has 0 spiro atoms. The molecule has 0 aliphatic carbocycles. The number of aromatic nitrogens is 2. The third kappa shape index (κ3) is 3.51. The highest BCUT2D eigenvalue weighted by Crippen LogP contribution is 2.30. The molecular weight excluding hydrogens is 316 g/mol. The highest BCUT2D eigenvalue weighted by molar-refractivity contribution is 5.88. The molecule has 25 heavy (non-hydrogen) atoms. The predicted octanol–water partition coefficient (Wildman–Crippen LogP) is 4.13. The molecule has 2 heterocycles. The molecule has 5 nitrogen and oxygen atoms in total. The summed E-state index contributed by atoms with van der Waals surface area (Å²) in [5.41, 5.74) is 0. The molecule has 1 aliphatic heterocycles. The fourth-order valence-electron chi connectivity index (χ4n) is 3.30. The van der Waals surface area contributed by atoms with E-state index in [1.54, 1.807) is 0 Å². The first-order valence-corrected chi connectivity index (χ1v) is 8.86. The zero-order chi connectivity index (χ0) is 17.1. The molecule has 0 saturated carbocycles. The summed E-state index contributed by atoms with van der Waals surface area (Å²) in [4.78, 5) is 0. The summed E-state index contributed by atoms with van der Waals surface area (Å²) in [5, 5.41) is 10.7. The van der Waals surface area contributed by atoms with Gasteiger partial charge in [0.05, 0.1) is 18.6 Å². The lowest BCUT2D eigenvalue weighted by Gasteiger charge is -2.09. The van der Waals surface area contributed by atoms with Gasteiger partial charge in [-0.1, -0.05) is 36.4 Å². The molecule has 0 radical (unpaired) electrons. The number of hydrogen-bond acceptors (Lipinski definition) is 5. The lowest BCUT2D eigenvalue weighted by atomic mass is 10.0. The van der Waals surface area contributed by atoms with Gasteiger partial charge < -0.3 is 13.9 Å². The Balaban J connectivity index is 1.32. The third-order valence-electron chi connectivity index (χ3n) is 4.72. The van der Waals surface area contributed by atoms with Gasteiger partial charge >= 0.3 is 0 Å². The standard InChI is InChI=1S/C20H22N2O3/c1-14-16(11-13-23-14)20-22-21-19(25-20)10-5-12-24-18-9-4-7-15-6-2-3-8-17(15)18/h2-4,6-9,14,16H,5,10-13H2,1H3. The zero-order valence-electron chi connectivity index (χ0n) is 14.4. The van der Waals surface area contributed by atoms with Gasteiger partial charge in [0.15, 0.2) is 0 Å². The third-order valence-corrected chi connectivity index (χ3v) is 4.72. The molecule has 2 aromatic carbocycles. The Morgan fingerprint density at radius 2 is 2.00 bits per heavy atom. The zero-order valence-corrected chi connectivity index (χ0v) is 14.4. The van der Waals surface area contributed by atoms with Gasteiger partial charge in [-0.05, 0) is 31.2 Å². The predicted molar refractivity (Wildman–Crippen MR) is 94.8 cm³/mol. The van der Waals surface area contributed by atoms with Crippen molar-refractivity contribution in [1.82, 2.24) is 10.2 Å². The Morgan fingerprint density at radius 1 is 1.12 bits per heavy atom. The maximum atomic E-state index is 5.95. The monoisotopic (exact) mass is 338 g/mol. The van der Waals surface area contributed by atoms with E-state index >= 15 is 0 Å². The van der Waals surface area contributed by atoms with Gasteiger partial charge in [-0.2, -0.15) is 0 Å². The molecule has 1 aliphatic rings. The summed E-state index contributed by atoms with van der Waals surface area (Å²) in [6.07, 6.45) is 2.66. The number of aryl methyl sites for hydroxylation is 1. The van der Waals surface area contributed by atoms with Crippen molar-refractivity contribution >= 4 is 10.8 Å². The van der Waals surface area contributed by atoms with E-state index in [1.807, 2.05) is 24.3 Å². The van der Waals surface area contributed by atoms with Crippen molar-refractivity contribution in [2.24, 2.45) is 0 Å². The first-order chi connectivity index (χ1) is 12.3. The highest BCUT2D eigenvalue weighted by atomic mass is 16.5. The van der Waals surface area contributed by atoms with Gasteiger partial charge in [0.1, 0.15) is 5.75 Å². The summed E-state index contributed by atoms with van der Waals surface area (Å²) in [6, 6.07) is 14.4. The molecule has 2 atom stereocenters. The normalized spacial score (nSPS) is 20.2. The van der Waals surface area contributed by atoms with E-state index < -0.39 is 0 Å². The van der Waals surface area contributed by atoms with Crippen LogP contribution in [0.3, 0.4) is 0 Å². The van der Waals surface area contributed by atoms with Crippen LogP contribution in [0.15, 0.2) is 46.9 Å². The van der Waals surface area contributed by atoms with Gasteiger partial charge in [-0.3, -0.25) is 0 Å². The van der Waals surface area contributed by atoms with Crippen LogP contribution in [-0.4, -0.2) is 29.5 Å². The van der Waals surface area contributed by atoms with Crippen molar-refractivity contribution in [3.8, 4) is 5.75 Å². The number of fused-ring (bicyclic) bond motifs is 1. The summed E-state index contributed by atoms with van der Waals surface area (Å²) in [6.45, 7) is 3.44. The maximum Gasteiger partial charge on any atom is 0.222 e. The average molecular weight is 338 g/mol. The second-order valence-electron chi connectivity index (χ2n) is 6.43. The quantitative estimate of drug-likeness (QED) is 0.633. The number of nitrogens with zero attached hydrogens (tertiary/aromatic N) is 2. The van der Waals surface area contributed by atoms with E-state index in [0.29, 0.717) is 18.4 Å². The van der Waals surface area contributed by atoms with Crippen LogP contribution in [0.5, 0.6) is 5.75 Å². The molecular formula is C20H22N2O3. The van der Waals surface area contributed by atoms with Crippen LogP contribution in [0.2, 0.25) is 0 Å². The fourth-order valence-corrected chi connectivity index (χ4v) is 3.30. The first kappa shape index (κ1) is 16.1. The summed E-state index contributed by atoms with van der Waals surface area (Å²) < 4.78 is 17.3. The lowest BCUT2D eigenvalue weighted by molar-refractivity contribution is 0.114. The van der Waals surface area contributed by atoms with Crippen molar-refractivity contribution < 1.29 is 13.9 Å². The topological polar surface area (TPSA) is 57.4 Å². The molecule has 0 N–H and O–H groups in total. The van der Waals surface area contributed by atoms with E-state index in [9.17, 15) is 0 Å². The van der Waals surface area contributed by atoms with E-state index in [-0.39, 0.29) is 12.0 Å². The Bertz CT molecular complexity index is 840. The Hall–Kier alpha value is -2.40. The van der Waals surface area contributed by atoms with Crippen molar-refractivity contribution in [2.45, 2.75) is 38.2 Å². The second-order valence-corrected chi connectivity index (χ2v) is 6.43. The van der Waals surface area contributed by atoms with Crippen LogP contribution in [0.4, 0.5) is 0 Å². The van der Waals surface area contributed by atoms with Crippen molar-refractivity contribution in [2.75, 3.05) is 13.2 Å². The van der Waals surface area contributed by atoms with Crippen molar-refractivity contribution in [3.05, 3.63) is 54.2 Å². The molecule has 4 rings (SSSR count). The van der Waals surface area contributed by atoms with Crippen LogP contribution in [0, 0.1) is 0 Å². The largest absolute Gasteiger partial charge is 0.493 e. The van der Waals surface area contributed by atoms with Crippen molar-refractivity contribution in [3.63, 3.8) is 0 Å². The van der Waals surface area contributed by atoms with Gasteiger partial charge in [0.2, 0.25) is 11.8 Å². The second kappa shape index (κ2) is 7.23. The molecule has 3 aromatic rings. The van der Waals surface area contributed by atoms with E-state index in [4.69, 9.17) is 13.9 Å². The molecule has 1 fully saturated rings. The minimum Gasteiger partial charge on any atom is -0.493 e. The summed E-state index contributed by atoms with van der Waals surface area (Å²) in [7, 11) is 0. The van der Waals surface area contributed by atoms with Crippen LogP contribution >= 0.6 is 0 Å². The van der Waals surface area contributed by atoms with E-state index in [2.05, 4.69) is 35.3 Å². The van der Waals surface area contributed by atoms with Crippen molar-refractivity contribution in [1.29, 1.82) is 0 Å². The Kier molecular flexibility index (Phi) is 4.65. The maximum absolute atomic E-state index is 5.95. The Morgan fingerprint density at radius 3 is 2.88 bits per heavy atom. The molecule has 5 heteroatoms. The molecule has 1 aromatic heterocycles. The number of ether oxygens (including phenoxy) is 2. The minimum atomic E-state index is 0.156. The van der Waals surface area contributed by atoms with Crippen LogP contribution in [0.1, 0.15) is 37.5 Å². The molecule has 0 bridgehead atoms. The summed E-state index contributed by atoms with van der Waals surface area (Å²) in [5.74, 6) is 2.53. The van der Waals surface area contributed by atoms with Gasteiger partial charge in [0, 0.05) is 18.4 Å². The SMILES string of the molecule is CC1OCCC1c1nnc(CCCOc2cccc3ccccc23)o1. The number of benzene rings is 2. The molecule has 1 saturated heterocycles. The highest BCUT2D eigenvalue weighted by Gasteiger charge is 2.30. The summed E-state index contributed by atoms with van der Waals surface area (Å²) >= 11 is 0. The van der Waals surface area contributed by atoms with Crippen LogP contribution in [-0.2, 0) is 11.2 Å². The van der Waals surface area contributed by atoms with Gasteiger partial charge in [0.25, 0.3) is 0 Å². The van der Waals surface area contributed by atoms with Gasteiger partial charge in [-0.15, -0.1) is 10.2 Å². The minimum absolute atomic E-state index is 0.156. The van der Waals surface area contributed by atoms with Gasteiger partial charge in [-0.25, -0.2) is 0 Å². The fraction of sp³-hybridized carbons (Fsp3) is 0.400. The average Bonchev–Trinajstić information content (AvgIpc) is 3.27.